The average molecular weight is 274 g/mol. The van der Waals surface area contributed by atoms with Crippen LogP contribution in [0, 0.1) is 0 Å². The second-order valence-corrected chi connectivity index (χ2v) is 5.74. The molecule has 0 bridgehead atoms. The van der Waals surface area contributed by atoms with E-state index in [0.717, 1.165) is 38.0 Å². The Hall–Kier alpha value is -1.31. The van der Waals surface area contributed by atoms with Gasteiger partial charge < -0.3 is 4.74 Å². The predicted molar refractivity (Wildman–Crippen MR) is 82.3 cm³/mol. The van der Waals surface area contributed by atoms with Gasteiger partial charge in [-0.25, -0.2) is 0 Å². The summed E-state index contributed by atoms with van der Waals surface area (Å²) in [5.74, 6) is 1.44. The highest BCUT2D eigenvalue weighted by Gasteiger charge is 2.12. The van der Waals surface area contributed by atoms with Crippen molar-refractivity contribution >= 4 is 5.78 Å². The van der Waals surface area contributed by atoms with Crippen LogP contribution in [0.5, 0.6) is 5.75 Å². The summed E-state index contributed by atoms with van der Waals surface area (Å²) >= 11 is 0. The highest BCUT2D eigenvalue weighted by atomic mass is 16.5. The summed E-state index contributed by atoms with van der Waals surface area (Å²) in [6.45, 7) is 3.02. The molecule has 1 heterocycles. The van der Waals surface area contributed by atoms with Crippen LogP contribution in [0.25, 0.3) is 0 Å². The molecule has 0 amide bonds. The van der Waals surface area contributed by atoms with Crippen LogP contribution < -0.4 is 4.74 Å². The lowest BCUT2D eigenvalue weighted by Gasteiger charge is -2.04. The SMILES string of the molecule is CCCCCCCC(=O)CCc1ccc2c(c1)CCO2. The number of ketones is 1. The lowest BCUT2D eigenvalue weighted by Crippen LogP contribution is -2.00. The van der Waals surface area contributed by atoms with Crippen LogP contribution in [0.4, 0.5) is 0 Å². The van der Waals surface area contributed by atoms with E-state index in [2.05, 4.69) is 19.1 Å². The minimum Gasteiger partial charge on any atom is -0.493 e. The first-order chi connectivity index (χ1) is 9.79. The molecule has 0 N–H and O–H groups in total. The Bertz CT molecular complexity index is 437. The van der Waals surface area contributed by atoms with E-state index in [9.17, 15) is 4.79 Å². The van der Waals surface area contributed by atoms with E-state index in [1.807, 2.05) is 6.07 Å². The number of benzene rings is 1. The van der Waals surface area contributed by atoms with Crippen molar-refractivity contribution < 1.29 is 9.53 Å². The maximum absolute atomic E-state index is 11.9. The number of hydrogen-bond acceptors (Lipinski definition) is 2. The van der Waals surface area contributed by atoms with Crippen molar-refractivity contribution in [2.45, 2.75) is 64.7 Å². The van der Waals surface area contributed by atoms with Crippen molar-refractivity contribution in [3.05, 3.63) is 29.3 Å². The quantitative estimate of drug-likeness (QED) is 0.620. The number of carbonyl (C=O) groups is 1. The minimum absolute atomic E-state index is 0.415. The van der Waals surface area contributed by atoms with Crippen LogP contribution in [0.1, 0.15) is 63.0 Å². The van der Waals surface area contributed by atoms with E-state index in [4.69, 9.17) is 4.74 Å². The van der Waals surface area contributed by atoms with Gasteiger partial charge in [-0.05, 0) is 30.0 Å². The normalized spacial score (nSPS) is 13.1. The minimum atomic E-state index is 0.415. The summed E-state index contributed by atoms with van der Waals surface area (Å²) in [4.78, 5) is 11.9. The van der Waals surface area contributed by atoms with Crippen LogP contribution in [0.15, 0.2) is 18.2 Å². The van der Waals surface area contributed by atoms with Gasteiger partial charge >= 0.3 is 0 Å². The fourth-order valence-corrected chi connectivity index (χ4v) is 2.73. The van der Waals surface area contributed by atoms with Gasteiger partial charge in [0.2, 0.25) is 0 Å². The molecule has 20 heavy (non-hydrogen) atoms. The van der Waals surface area contributed by atoms with Gasteiger partial charge in [0.05, 0.1) is 6.61 Å². The molecule has 0 aliphatic carbocycles. The second kappa shape index (κ2) is 8.08. The van der Waals surface area contributed by atoms with E-state index in [0.29, 0.717) is 12.2 Å². The highest BCUT2D eigenvalue weighted by Crippen LogP contribution is 2.26. The van der Waals surface area contributed by atoms with Crippen LogP contribution >= 0.6 is 0 Å². The van der Waals surface area contributed by atoms with E-state index in [1.54, 1.807) is 0 Å². The molecule has 2 rings (SSSR count). The molecule has 0 saturated carbocycles. The Balaban J connectivity index is 1.66. The molecule has 1 aliphatic rings. The second-order valence-electron chi connectivity index (χ2n) is 5.74. The molecular weight excluding hydrogens is 248 g/mol. The first-order valence-corrected chi connectivity index (χ1v) is 8.06. The fraction of sp³-hybridized carbons (Fsp3) is 0.611. The molecule has 110 valence electrons. The van der Waals surface area contributed by atoms with Gasteiger partial charge in [-0.3, -0.25) is 4.79 Å². The van der Waals surface area contributed by atoms with E-state index >= 15 is 0 Å². The van der Waals surface area contributed by atoms with Gasteiger partial charge in [0.25, 0.3) is 0 Å². The Morgan fingerprint density at radius 3 is 2.85 bits per heavy atom. The number of aryl methyl sites for hydroxylation is 1. The fourth-order valence-electron chi connectivity index (χ4n) is 2.73. The lowest BCUT2D eigenvalue weighted by atomic mass is 10.0. The van der Waals surface area contributed by atoms with Gasteiger partial charge in [-0.15, -0.1) is 0 Å². The molecule has 0 unspecified atom stereocenters. The summed E-state index contributed by atoms with van der Waals surface area (Å²) in [6.07, 6.45) is 9.43. The third-order valence-corrected chi connectivity index (χ3v) is 4.01. The van der Waals surface area contributed by atoms with Crippen molar-refractivity contribution in [1.29, 1.82) is 0 Å². The number of unbranched alkanes of at least 4 members (excludes halogenated alkanes) is 4. The average Bonchev–Trinajstić information content (AvgIpc) is 2.92. The van der Waals surface area contributed by atoms with Crippen LogP contribution in [-0.4, -0.2) is 12.4 Å². The van der Waals surface area contributed by atoms with Gasteiger partial charge in [0.15, 0.2) is 0 Å². The van der Waals surface area contributed by atoms with E-state index < -0.39 is 0 Å². The monoisotopic (exact) mass is 274 g/mol. The topological polar surface area (TPSA) is 26.3 Å². The zero-order chi connectivity index (χ0) is 14.2. The smallest absolute Gasteiger partial charge is 0.133 e. The molecule has 2 heteroatoms. The number of Topliss-reactive ketones (excluding diaryl/α,β-unsaturated/α-hetero) is 1. The number of ether oxygens (including phenoxy) is 1. The van der Waals surface area contributed by atoms with Crippen molar-refractivity contribution in [2.75, 3.05) is 6.61 Å². The largest absolute Gasteiger partial charge is 0.493 e. The molecule has 1 aliphatic heterocycles. The number of fused-ring (bicyclic) bond motifs is 1. The summed E-state index contributed by atoms with van der Waals surface area (Å²) in [5.41, 5.74) is 2.57. The molecule has 2 nitrogen and oxygen atoms in total. The standard InChI is InChI=1S/C18H26O2/c1-2-3-4-5-6-7-17(19)10-8-15-9-11-18-16(14-15)12-13-20-18/h9,11,14H,2-8,10,12-13H2,1H3. The lowest BCUT2D eigenvalue weighted by molar-refractivity contribution is -0.119. The summed E-state index contributed by atoms with van der Waals surface area (Å²) in [5, 5.41) is 0. The van der Waals surface area contributed by atoms with Crippen LogP contribution in [0.2, 0.25) is 0 Å². The van der Waals surface area contributed by atoms with Crippen LogP contribution in [-0.2, 0) is 17.6 Å². The first kappa shape index (κ1) is 15.1. The molecule has 0 saturated heterocycles. The number of rotatable bonds is 9. The number of hydrogen-bond donors (Lipinski definition) is 0. The zero-order valence-corrected chi connectivity index (χ0v) is 12.6. The van der Waals surface area contributed by atoms with Crippen molar-refractivity contribution in [3.63, 3.8) is 0 Å². The molecule has 0 aromatic heterocycles. The molecule has 1 aromatic carbocycles. The molecule has 1 aromatic rings. The van der Waals surface area contributed by atoms with Gasteiger partial charge in [0, 0.05) is 19.3 Å². The Morgan fingerprint density at radius 2 is 2.00 bits per heavy atom. The molecule has 0 radical (unpaired) electrons. The highest BCUT2D eigenvalue weighted by molar-refractivity contribution is 5.78. The van der Waals surface area contributed by atoms with E-state index in [1.165, 1.54) is 36.8 Å². The van der Waals surface area contributed by atoms with Crippen molar-refractivity contribution in [2.24, 2.45) is 0 Å². The first-order valence-electron chi connectivity index (χ1n) is 8.06. The van der Waals surface area contributed by atoms with Gasteiger partial charge in [0.1, 0.15) is 11.5 Å². The van der Waals surface area contributed by atoms with E-state index in [-0.39, 0.29) is 0 Å². The summed E-state index contributed by atoms with van der Waals surface area (Å²) in [6, 6.07) is 6.35. The third kappa shape index (κ3) is 4.66. The number of carbonyl (C=O) groups excluding carboxylic acids is 1. The molecule has 0 atom stereocenters. The maximum atomic E-state index is 11.9. The zero-order valence-electron chi connectivity index (χ0n) is 12.6. The summed E-state index contributed by atoms with van der Waals surface area (Å²) in [7, 11) is 0. The maximum Gasteiger partial charge on any atom is 0.133 e. The van der Waals surface area contributed by atoms with Crippen LogP contribution in [0.3, 0.4) is 0 Å². The predicted octanol–water partition coefficient (Wildman–Crippen LogP) is 4.48. The van der Waals surface area contributed by atoms with Crippen molar-refractivity contribution in [3.8, 4) is 5.75 Å². The van der Waals surface area contributed by atoms with Gasteiger partial charge in [-0.2, -0.15) is 0 Å². The molecule has 0 fully saturated rings. The van der Waals surface area contributed by atoms with Gasteiger partial charge in [-0.1, -0.05) is 44.7 Å². The Morgan fingerprint density at radius 1 is 1.15 bits per heavy atom. The Kier molecular flexibility index (Phi) is 6.10. The molecular formula is C18H26O2. The third-order valence-electron chi connectivity index (χ3n) is 4.01. The summed E-state index contributed by atoms with van der Waals surface area (Å²) < 4.78 is 5.50. The Labute approximate surface area is 122 Å². The molecule has 0 spiro atoms. The van der Waals surface area contributed by atoms with Crippen molar-refractivity contribution in [1.82, 2.24) is 0 Å².